The summed E-state index contributed by atoms with van der Waals surface area (Å²) in [6.07, 6.45) is 4.15. The van der Waals surface area contributed by atoms with Crippen LogP contribution in [-0.4, -0.2) is 29.7 Å². The van der Waals surface area contributed by atoms with E-state index < -0.39 is 0 Å². The Morgan fingerprint density at radius 2 is 2.35 bits per heavy atom. The van der Waals surface area contributed by atoms with E-state index in [2.05, 4.69) is 15.3 Å². The van der Waals surface area contributed by atoms with E-state index in [-0.39, 0.29) is 0 Å². The van der Waals surface area contributed by atoms with Crippen LogP contribution >= 0.6 is 11.3 Å². The average molecular weight is 249 g/mol. The minimum absolute atomic E-state index is 0.325. The van der Waals surface area contributed by atoms with E-state index >= 15 is 0 Å². The summed E-state index contributed by atoms with van der Waals surface area (Å²) < 4.78 is 5.93. The maximum Gasteiger partial charge on any atom is 0.225 e. The van der Waals surface area contributed by atoms with Crippen molar-refractivity contribution in [3.63, 3.8) is 0 Å². The molecule has 1 fully saturated rings. The molecule has 17 heavy (non-hydrogen) atoms. The fraction of sp³-hybridized carbons (Fsp3) is 0.500. The summed E-state index contributed by atoms with van der Waals surface area (Å²) in [6.45, 7) is 1.08. The predicted octanol–water partition coefficient (Wildman–Crippen LogP) is 2.07. The zero-order valence-electron chi connectivity index (χ0n) is 9.72. The van der Waals surface area contributed by atoms with E-state index in [4.69, 9.17) is 4.74 Å². The molecule has 3 rings (SSSR count). The van der Waals surface area contributed by atoms with Crippen LogP contribution in [0.5, 0.6) is 5.88 Å². The monoisotopic (exact) mass is 249 g/mol. The van der Waals surface area contributed by atoms with Gasteiger partial charge in [-0.3, -0.25) is 0 Å². The van der Waals surface area contributed by atoms with Crippen molar-refractivity contribution in [1.29, 1.82) is 0 Å². The zero-order valence-corrected chi connectivity index (χ0v) is 10.5. The van der Waals surface area contributed by atoms with Crippen LogP contribution in [0.15, 0.2) is 17.8 Å². The molecule has 0 amide bonds. The van der Waals surface area contributed by atoms with E-state index in [1.807, 2.05) is 18.5 Å². The van der Waals surface area contributed by atoms with Crippen LogP contribution in [-0.2, 0) is 0 Å². The van der Waals surface area contributed by atoms with Crippen molar-refractivity contribution >= 4 is 21.6 Å². The molecule has 0 unspecified atom stereocenters. The van der Waals surface area contributed by atoms with Crippen LogP contribution < -0.4 is 10.1 Å². The number of nitrogens with one attached hydrogen (secondary N) is 1. The second-order valence-electron chi connectivity index (χ2n) is 4.45. The number of rotatable bonds is 4. The standard InChI is InChI=1S/C12H15N3OS/c1-13-6-8-4-9(5-8)16-11-10-2-3-17-12(10)15-7-14-11/h2-3,7-9,13H,4-6H2,1H3. The Hall–Kier alpha value is -1.20. The van der Waals surface area contributed by atoms with E-state index in [1.165, 1.54) is 0 Å². The third-order valence-corrected chi connectivity index (χ3v) is 4.01. The molecule has 4 nitrogen and oxygen atoms in total. The lowest BCUT2D eigenvalue weighted by Crippen LogP contribution is -2.38. The van der Waals surface area contributed by atoms with Crippen LogP contribution in [0.4, 0.5) is 0 Å². The third kappa shape index (κ3) is 2.12. The molecule has 0 spiro atoms. The first-order valence-electron chi connectivity index (χ1n) is 5.86. The first kappa shape index (κ1) is 10.9. The van der Waals surface area contributed by atoms with Crippen LogP contribution in [0.3, 0.4) is 0 Å². The number of thiophene rings is 1. The molecule has 0 saturated heterocycles. The number of hydrogen-bond donors (Lipinski definition) is 1. The van der Waals surface area contributed by atoms with Gasteiger partial charge >= 0.3 is 0 Å². The van der Waals surface area contributed by atoms with Crippen molar-refractivity contribution in [2.24, 2.45) is 5.92 Å². The van der Waals surface area contributed by atoms with Gasteiger partial charge in [0.2, 0.25) is 5.88 Å². The maximum absolute atomic E-state index is 5.93. The lowest BCUT2D eigenvalue weighted by Gasteiger charge is -2.34. The zero-order chi connectivity index (χ0) is 11.7. The van der Waals surface area contributed by atoms with Gasteiger partial charge in [-0.2, -0.15) is 0 Å². The second kappa shape index (κ2) is 4.58. The Morgan fingerprint density at radius 1 is 1.47 bits per heavy atom. The molecule has 1 saturated carbocycles. The van der Waals surface area contributed by atoms with Crippen molar-refractivity contribution in [1.82, 2.24) is 15.3 Å². The molecule has 0 aliphatic heterocycles. The van der Waals surface area contributed by atoms with Gasteiger partial charge in [-0.15, -0.1) is 11.3 Å². The largest absolute Gasteiger partial charge is 0.474 e. The number of ether oxygens (including phenoxy) is 1. The fourth-order valence-corrected chi connectivity index (χ4v) is 2.97. The maximum atomic E-state index is 5.93. The first-order valence-corrected chi connectivity index (χ1v) is 6.74. The number of nitrogens with zero attached hydrogens (tertiary/aromatic N) is 2. The molecule has 2 heterocycles. The Kier molecular flexibility index (Phi) is 2.94. The van der Waals surface area contributed by atoms with Gasteiger partial charge in [0.05, 0.1) is 5.39 Å². The Labute approximate surface area is 104 Å². The summed E-state index contributed by atoms with van der Waals surface area (Å²) in [5.74, 6) is 1.49. The highest BCUT2D eigenvalue weighted by Gasteiger charge is 2.30. The van der Waals surface area contributed by atoms with Gasteiger partial charge in [-0.1, -0.05) is 0 Å². The average Bonchev–Trinajstić information content (AvgIpc) is 2.75. The predicted molar refractivity (Wildman–Crippen MR) is 68.5 cm³/mol. The summed E-state index contributed by atoms with van der Waals surface area (Å²) in [7, 11) is 1.99. The minimum atomic E-state index is 0.325. The molecule has 1 N–H and O–H groups in total. The number of hydrogen-bond acceptors (Lipinski definition) is 5. The molecule has 0 atom stereocenters. The molecule has 0 aromatic carbocycles. The van der Waals surface area contributed by atoms with Gasteiger partial charge < -0.3 is 10.1 Å². The summed E-state index contributed by atoms with van der Waals surface area (Å²) in [4.78, 5) is 9.45. The van der Waals surface area contributed by atoms with E-state index in [0.29, 0.717) is 6.10 Å². The minimum Gasteiger partial charge on any atom is -0.474 e. The molecule has 0 radical (unpaired) electrons. The molecule has 0 bridgehead atoms. The van der Waals surface area contributed by atoms with Crippen molar-refractivity contribution in [2.45, 2.75) is 18.9 Å². The smallest absolute Gasteiger partial charge is 0.225 e. The van der Waals surface area contributed by atoms with Crippen molar-refractivity contribution in [3.05, 3.63) is 17.8 Å². The molecule has 1 aliphatic carbocycles. The summed E-state index contributed by atoms with van der Waals surface area (Å²) in [5.41, 5.74) is 0. The van der Waals surface area contributed by atoms with Gasteiger partial charge in [0.15, 0.2) is 0 Å². The summed E-state index contributed by atoms with van der Waals surface area (Å²) in [6, 6.07) is 2.03. The van der Waals surface area contributed by atoms with E-state index in [0.717, 1.165) is 41.4 Å². The lowest BCUT2D eigenvalue weighted by molar-refractivity contribution is 0.0631. The Morgan fingerprint density at radius 3 is 3.18 bits per heavy atom. The van der Waals surface area contributed by atoms with Gasteiger partial charge in [0.1, 0.15) is 17.3 Å². The Balaban J connectivity index is 1.68. The SMILES string of the molecule is CNCC1CC(Oc2ncnc3sccc23)C1. The topological polar surface area (TPSA) is 47.0 Å². The molecular weight excluding hydrogens is 234 g/mol. The molecule has 2 aromatic heterocycles. The summed E-state index contributed by atoms with van der Waals surface area (Å²) in [5, 5.41) is 6.26. The third-order valence-electron chi connectivity index (χ3n) is 3.19. The quantitative estimate of drug-likeness (QED) is 0.901. The van der Waals surface area contributed by atoms with Crippen LogP contribution in [0, 0.1) is 5.92 Å². The fourth-order valence-electron chi connectivity index (χ4n) is 2.25. The van der Waals surface area contributed by atoms with Crippen molar-refractivity contribution in [2.75, 3.05) is 13.6 Å². The van der Waals surface area contributed by atoms with Gasteiger partial charge in [0.25, 0.3) is 0 Å². The van der Waals surface area contributed by atoms with Crippen LogP contribution in [0.1, 0.15) is 12.8 Å². The highest BCUT2D eigenvalue weighted by Crippen LogP contribution is 2.33. The highest BCUT2D eigenvalue weighted by atomic mass is 32.1. The van der Waals surface area contributed by atoms with E-state index in [9.17, 15) is 0 Å². The van der Waals surface area contributed by atoms with Gasteiger partial charge in [-0.25, -0.2) is 9.97 Å². The van der Waals surface area contributed by atoms with Crippen molar-refractivity contribution in [3.8, 4) is 5.88 Å². The number of aromatic nitrogens is 2. The lowest BCUT2D eigenvalue weighted by atomic mass is 9.82. The van der Waals surface area contributed by atoms with E-state index in [1.54, 1.807) is 17.7 Å². The first-order chi connectivity index (χ1) is 8.36. The molecular formula is C12H15N3OS. The normalized spacial score (nSPS) is 23.6. The number of fused-ring (bicyclic) bond motifs is 1. The molecule has 90 valence electrons. The second-order valence-corrected chi connectivity index (χ2v) is 5.35. The van der Waals surface area contributed by atoms with Gasteiger partial charge in [-0.05, 0) is 43.8 Å². The summed E-state index contributed by atoms with van der Waals surface area (Å²) >= 11 is 1.62. The van der Waals surface area contributed by atoms with Crippen LogP contribution in [0.2, 0.25) is 0 Å². The molecule has 2 aromatic rings. The van der Waals surface area contributed by atoms with Crippen molar-refractivity contribution < 1.29 is 4.74 Å². The van der Waals surface area contributed by atoms with Crippen LogP contribution in [0.25, 0.3) is 10.2 Å². The molecule has 5 heteroatoms. The molecule has 1 aliphatic rings. The Bertz CT molecular complexity index is 507. The highest BCUT2D eigenvalue weighted by molar-refractivity contribution is 7.16. The van der Waals surface area contributed by atoms with Gasteiger partial charge in [0, 0.05) is 0 Å².